The van der Waals surface area contributed by atoms with E-state index in [-0.39, 0.29) is 0 Å². The van der Waals surface area contributed by atoms with E-state index < -0.39 is 0 Å². The first-order chi connectivity index (χ1) is 9.65. The third kappa shape index (κ3) is 9.66. The van der Waals surface area contributed by atoms with E-state index in [0.29, 0.717) is 11.7 Å². The van der Waals surface area contributed by atoms with Crippen molar-refractivity contribution in [3.05, 3.63) is 49.0 Å². The van der Waals surface area contributed by atoms with Gasteiger partial charge in [0.25, 0.3) is 0 Å². The zero-order valence-electron chi connectivity index (χ0n) is 13.7. The minimum atomic E-state index is 0.448. The monoisotopic (exact) mass is 276 g/mol. The number of rotatable bonds is 12. The third-order valence-corrected chi connectivity index (χ3v) is 3.45. The van der Waals surface area contributed by atoms with Gasteiger partial charge in [0.1, 0.15) is 5.76 Å². The highest BCUT2D eigenvalue weighted by Gasteiger charge is 2.12. The quantitative estimate of drug-likeness (QED) is 0.223. The van der Waals surface area contributed by atoms with Crippen LogP contribution in [-0.2, 0) is 4.74 Å². The van der Waals surface area contributed by atoms with Crippen molar-refractivity contribution in [1.82, 2.24) is 0 Å². The summed E-state index contributed by atoms with van der Waals surface area (Å²) in [6.45, 7) is 14.4. The molecule has 0 spiro atoms. The fourth-order valence-corrected chi connectivity index (χ4v) is 2.15. The van der Waals surface area contributed by atoms with Crippen LogP contribution in [0.3, 0.4) is 0 Å². The predicted molar refractivity (Wildman–Crippen MR) is 90.5 cm³/mol. The van der Waals surface area contributed by atoms with Gasteiger partial charge in [0.05, 0.1) is 5.76 Å². The van der Waals surface area contributed by atoms with Gasteiger partial charge in [-0.2, -0.15) is 0 Å². The number of ether oxygens (including phenoxy) is 1. The van der Waals surface area contributed by atoms with E-state index >= 15 is 0 Å². The molecule has 1 nitrogen and oxygen atoms in total. The van der Waals surface area contributed by atoms with Gasteiger partial charge < -0.3 is 4.74 Å². The Morgan fingerprint density at radius 1 is 1.05 bits per heavy atom. The largest absolute Gasteiger partial charge is 0.463 e. The van der Waals surface area contributed by atoms with Gasteiger partial charge in [0.2, 0.25) is 0 Å². The zero-order chi connectivity index (χ0) is 15.2. The van der Waals surface area contributed by atoms with Crippen molar-refractivity contribution in [2.24, 2.45) is 5.92 Å². The molecule has 0 aliphatic heterocycles. The van der Waals surface area contributed by atoms with Crippen molar-refractivity contribution in [3.63, 3.8) is 0 Å². The van der Waals surface area contributed by atoms with Crippen molar-refractivity contribution in [2.75, 3.05) is 0 Å². The molecule has 0 saturated carbocycles. The van der Waals surface area contributed by atoms with Crippen LogP contribution >= 0.6 is 0 Å². The summed E-state index contributed by atoms with van der Waals surface area (Å²) in [5, 5.41) is 0. The van der Waals surface area contributed by atoms with Crippen molar-refractivity contribution in [1.29, 1.82) is 0 Å². The summed E-state index contributed by atoms with van der Waals surface area (Å²) >= 11 is 0. The third-order valence-electron chi connectivity index (χ3n) is 3.45. The molecule has 0 rings (SSSR count). The van der Waals surface area contributed by atoms with E-state index in [1.165, 1.54) is 38.5 Å². The summed E-state index contributed by atoms with van der Waals surface area (Å²) in [5.41, 5.74) is 0. The Hall–Kier alpha value is -1.24. The zero-order valence-corrected chi connectivity index (χ0v) is 13.7. The van der Waals surface area contributed by atoms with E-state index in [9.17, 15) is 0 Å². The normalized spacial score (nSPS) is 12.9. The maximum absolute atomic E-state index is 5.72. The van der Waals surface area contributed by atoms with Crippen LogP contribution in [0, 0.1) is 5.92 Å². The lowest BCUT2D eigenvalue weighted by Gasteiger charge is -2.18. The van der Waals surface area contributed by atoms with Crippen LogP contribution in [0.1, 0.15) is 65.7 Å². The molecule has 0 amide bonds. The summed E-state index contributed by atoms with van der Waals surface area (Å²) in [6.07, 6.45) is 16.6. The molecule has 0 aromatic heterocycles. The molecule has 0 aromatic carbocycles. The van der Waals surface area contributed by atoms with Crippen LogP contribution < -0.4 is 0 Å². The first-order valence-electron chi connectivity index (χ1n) is 8.00. The summed E-state index contributed by atoms with van der Waals surface area (Å²) < 4.78 is 5.72. The van der Waals surface area contributed by atoms with Crippen LogP contribution in [0.2, 0.25) is 0 Å². The minimum absolute atomic E-state index is 0.448. The van der Waals surface area contributed by atoms with Crippen LogP contribution in [0.4, 0.5) is 0 Å². The molecule has 0 aliphatic carbocycles. The maximum atomic E-state index is 5.72. The molecule has 0 fully saturated rings. The number of allylic oxidation sites excluding steroid dienone is 5. The van der Waals surface area contributed by atoms with Gasteiger partial charge in [-0.1, -0.05) is 77.3 Å². The average molecular weight is 276 g/mol. The summed E-state index contributed by atoms with van der Waals surface area (Å²) in [7, 11) is 0. The molecule has 0 heterocycles. The van der Waals surface area contributed by atoms with Crippen LogP contribution in [0.15, 0.2) is 49.0 Å². The van der Waals surface area contributed by atoms with E-state index in [0.717, 1.165) is 12.2 Å². The van der Waals surface area contributed by atoms with Crippen LogP contribution in [0.25, 0.3) is 0 Å². The SMILES string of the molecule is C=C(C=CC=CC)OC(=C)C(CC)CCCCCCC. The van der Waals surface area contributed by atoms with Crippen molar-refractivity contribution < 1.29 is 4.74 Å². The Morgan fingerprint density at radius 3 is 2.35 bits per heavy atom. The number of unbranched alkanes of at least 4 members (excludes halogenated alkanes) is 4. The molecule has 0 radical (unpaired) electrons. The molecule has 0 bridgehead atoms. The highest BCUT2D eigenvalue weighted by Crippen LogP contribution is 2.24. The van der Waals surface area contributed by atoms with Gasteiger partial charge in [-0.15, -0.1) is 0 Å². The lowest BCUT2D eigenvalue weighted by molar-refractivity contribution is 0.255. The van der Waals surface area contributed by atoms with E-state index in [2.05, 4.69) is 27.0 Å². The molecular weight excluding hydrogens is 244 g/mol. The van der Waals surface area contributed by atoms with E-state index in [4.69, 9.17) is 4.74 Å². The summed E-state index contributed by atoms with van der Waals surface area (Å²) in [4.78, 5) is 0. The number of hydrogen-bond donors (Lipinski definition) is 0. The molecule has 0 saturated heterocycles. The molecule has 20 heavy (non-hydrogen) atoms. The highest BCUT2D eigenvalue weighted by molar-refractivity contribution is 5.15. The molecule has 1 heteroatoms. The fourth-order valence-electron chi connectivity index (χ4n) is 2.15. The van der Waals surface area contributed by atoms with Gasteiger partial charge >= 0.3 is 0 Å². The Bertz CT molecular complexity index is 323. The standard InChI is InChI=1S/C19H32O/c1-6-9-11-12-14-16-19(8-3)18(5)20-17(4)15-13-10-7-2/h7,10,13,15,19H,4-6,8-9,11-12,14,16H2,1-3H3. The van der Waals surface area contributed by atoms with Crippen molar-refractivity contribution in [3.8, 4) is 0 Å². The van der Waals surface area contributed by atoms with Gasteiger partial charge in [-0.3, -0.25) is 0 Å². The molecule has 0 N–H and O–H groups in total. The second-order valence-electron chi connectivity index (χ2n) is 5.23. The Labute approximate surface area is 126 Å². The molecule has 1 atom stereocenters. The summed E-state index contributed by atoms with van der Waals surface area (Å²) in [6, 6.07) is 0. The van der Waals surface area contributed by atoms with Crippen molar-refractivity contribution in [2.45, 2.75) is 65.7 Å². The topological polar surface area (TPSA) is 9.23 Å². The molecule has 1 unspecified atom stereocenters. The molecule has 114 valence electrons. The maximum Gasteiger partial charge on any atom is 0.119 e. The molecular formula is C19H32O. The van der Waals surface area contributed by atoms with Gasteiger partial charge in [-0.05, 0) is 25.8 Å². The lowest BCUT2D eigenvalue weighted by Crippen LogP contribution is -2.05. The van der Waals surface area contributed by atoms with Crippen LogP contribution in [-0.4, -0.2) is 0 Å². The second-order valence-corrected chi connectivity index (χ2v) is 5.23. The molecule has 0 aromatic rings. The first-order valence-corrected chi connectivity index (χ1v) is 8.00. The van der Waals surface area contributed by atoms with Gasteiger partial charge in [0.15, 0.2) is 0 Å². The van der Waals surface area contributed by atoms with Crippen molar-refractivity contribution >= 4 is 0 Å². The summed E-state index contributed by atoms with van der Waals surface area (Å²) in [5.74, 6) is 1.97. The fraction of sp³-hybridized carbons (Fsp3) is 0.579. The first kappa shape index (κ1) is 18.8. The Balaban J connectivity index is 4.04. The van der Waals surface area contributed by atoms with Gasteiger partial charge in [-0.25, -0.2) is 0 Å². The Kier molecular flexibility index (Phi) is 12.0. The smallest absolute Gasteiger partial charge is 0.119 e. The minimum Gasteiger partial charge on any atom is -0.463 e. The highest BCUT2D eigenvalue weighted by atomic mass is 16.5. The second kappa shape index (κ2) is 12.8. The van der Waals surface area contributed by atoms with E-state index in [1.807, 2.05) is 31.2 Å². The average Bonchev–Trinajstić information content (AvgIpc) is 2.43. The van der Waals surface area contributed by atoms with Gasteiger partial charge in [0, 0.05) is 5.92 Å². The van der Waals surface area contributed by atoms with Crippen LogP contribution in [0.5, 0.6) is 0 Å². The lowest BCUT2D eigenvalue weighted by atomic mass is 9.96. The molecule has 0 aliphatic rings. The number of hydrogen-bond acceptors (Lipinski definition) is 1. The Morgan fingerprint density at radius 2 is 1.75 bits per heavy atom. The predicted octanol–water partition coefficient (Wildman–Crippen LogP) is 6.55. The van der Waals surface area contributed by atoms with E-state index in [1.54, 1.807) is 0 Å².